The topological polar surface area (TPSA) is 58.2 Å². The summed E-state index contributed by atoms with van der Waals surface area (Å²) in [6.45, 7) is 1.66. The minimum absolute atomic E-state index is 0.0351. The molecule has 0 saturated heterocycles. The Morgan fingerprint density at radius 3 is 2.77 bits per heavy atom. The lowest BCUT2D eigenvalue weighted by Crippen LogP contribution is -2.35. The van der Waals surface area contributed by atoms with E-state index in [-0.39, 0.29) is 18.2 Å². The third kappa shape index (κ3) is 4.16. The smallest absolute Gasteiger partial charge is 0.238 e. The van der Waals surface area contributed by atoms with Crippen molar-refractivity contribution in [2.75, 3.05) is 5.32 Å². The Bertz CT molecular complexity index is 878. The summed E-state index contributed by atoms with van der Waals surface area (Å²) >= 11 is 7.19. The molecule has 0 aliphatic carbocycles. The van der Waals surface area contributed by atoms with Gasteiger partial charge in [0, 0.05) is 16.3 Å². The fraction of sp³-hybridized carbons (Fsp3) is 0.222. The first-order valence-corrected chi connectivity index (χ1v) is 9.10. The molecule has 0 radical (unpaired) electrons. The summed E-state index contributed by atoms with van der Waals surface area (Å²) < 4.78 is 26.3. The Morgan fingerprint density at radius 1 is 1.27 bits per heavy atom. The molecule has 1 aliphatic heterocycles. The molecule has 4 nitrogen and oxygen atoms in total. The number of carbonyl (C=O) groups is 2. The number of benzene rings is 2. The number of rotatable bonds is 4. The lowest BCUT2D eigenvalue weighted by atomic mass is 10.1. The van der Waals surface area contributed by atoms with E-state index in [2.05, 4.69) is 10.6 Å². The number of carbonyl (C=O) groups excluding carboxylic acids is 2. The van der Waals surface area contributed by atoms with Gasteiger partial charge in [0.05, 0.1) is 17.0 Å². The first-order valence-electron chi connectivity index (χ1n) is 7.85. The SMILES string of the molecule is CC(NC(=O)CC1Sc2ccc(Cl)cc2NC1=O)c1ccc(F)c(F)c1. The van der Waals surface area contributed by atoms with Gasteiger partial charge in [-0.3, -0.25) is 9.59 Å². The van der Waals surface area contributed by atoms with E-state index >= 15 is 0 Å². The second kappa shape index (κ2) is 7.63. The summed E-state index contributed by atoms with van der Waals surface area (Å²) in [5, 5.41) is 5.37. The average molecular weight is 397 g/mol. The van der Waals surface area contributed by atoms with Crippen LogP contribution in [0.1, 0.15) is 24.9 Å². The van der Waals surface area contributed by atoms with Gasteiger partial charge in [-0.05, 0) is 42.8 Å². The molecule has 2 aromatic rings. The monoisotopic (exact) mass is 396 g/mol. The molecule has 1 aliphatic rings. The molecule has 2 unspecified atom stereocenters. The molecule has 0 fully saturated rings. The Kier molecular flexibility index (Phi) is 5.48. The zero-order valence-corrected chi connectivity index (χ0v) is 15.3. The molecule has 26 heavy (non-hydrogen) atoms. The van der Waals surface area contributed by atoms with E-state index in [9.17, 15) is 18.4 Å². The van der Waals surface area contributed by atoms with Crippen molar-refractivity contribution in [1.29, 1.82) is 0 Å². The largest absolute Gasteiger partial charge is 0.350 e. The molecule has 0 saturated carbocycles. The summed E-state index contributed by atoms with van der Waals surface area (Å²) in [4.78, 5) is 25.3. The number of thioether (sulfide) groups is 1. The second-order valence-electron chi connectivity index (χ2n) is 5.90. The zero-order chi connectivity index (χ0) is 18.8. The van der Waals surface area contributed by atoms with Crippen LogP contribution < -0.4 is 10.6 Å². The van der Waals surface area contributed by atoms with E-state index in [4.69, 9.17) is 11.6 Å². The Morgan fingerprint density at radius 2 is 2.04 bits per heavy atom. The fourth-order valence-electron chi connectivity index (χ4n) is 2.59. The molecule has 0 aromatic heterocycles. The fourth-order valence-corrected chi connectivity index (χ4v) is 3.85. The van der Waals surface area contributed by atoms with E-state index in [1.54, 1.807) is 25.1 Å². The van der Waals surface area contributed by atoms with Gasteiger partial charge in [0.15, 0.2) is 11.6 Å². The maximum atomic E-state index is 13.3. The number of amides is 2. The van der Waals surface area contributed by atoms with Crippen molar-refractivity contribution in [3.8, 4) is 0 Å². The highest BCUT2D eigenvalue weighted by molar-refractivity contribution is 8.01. The molecule has 2 amide bonds. The number of fused-ring (bicyclic) bond motifs is 1. The van der Waals surface area contributed by atoms with Gasteiger partial charge in [-0.1, -0.05) is 17.7 Å². The van der Waals surface area contributed by atoms with Crippen LogP contribution in [-0.4, -0.2) is 17.1 Å². The van der Waals surface area contributed by atoms with Crippen molar-refractivity contribution in [2.45, 2.75) is 29.5 Å². The third-order valence-electron chi connectivity index (χ3n) is 3.95. The predicted molar refractivity (Wildman–Crippen MR) is 97.3 cm³/mol. The molecular formula is C18H15ClF2N2O2S. The molecule has 0 spiro atoms. The van der Waals surface area contributed by atoms with Crippen LogP contribution in [0.5, 0.6) is 0 Å². The van der Waals surface area contributed by atoms with Crippen molar-refractivity contribution in [3.05, 3.63) is 58.6 Å². The quantitative estimate of drug-likeness (QED) is 0.810. The van der Waals surface area contributed by atoms with Gasteiger partial charge in [-0.2, -0.15) is 0 Å². The summed E-state index contributed by atoms with van der Waals surface area (Å²) in [5.41, 5.74) is 1.07. The Labute approximate surface area is 158 Å². The number of halogens is 3. The average Bonchev–Trinajstić information content (AvgIpc) is 2.58. The normalized spacial score (nSPS) is 17.2. The van der Waals surface area contributed by atoms with Crippen LogP contribution in [0, 0.1) is 11.6 Å². The number of hydrogen-bond acceptors (Lipinski definition) is 3. The number of hydrogen-bond donors (Lipinski definition) is 2. The molecule has 2 N–H and O–H groups in total. The van der Waals surface area contributed by atoms with Gasteiger partial charge >= 0.3 is 0 Å². The Balaban J connectivity index is 1.63. The molecule has 2 aromatic carbocycles. The predicted octanol–water partition coefficient (Wildman–Crippen LogP) is 4.30. The molecule has 136 valence electrons. The summed E-state index contributed by atoms with van der Waals surface area (Å²) in [6, 6.07) is 8.11. The van der Waals surface area contributed by atoms with Gasteiger partial charge in [0.1, 0.15) is 0 Å². The van der Waals surface area contributed by atoms with Crippen LogP contribution in [0.25, 0.3) is 0 Å². The molecule has 2 atom stereocenters. The summed E-state index contributed by atoms with van der Waals surface area (Å²) in [6.07, 6.45) is -0.0351. The van der Waals surface area contributed by atoms with Gasteiger partial charge in [0.25, 0.3) is 0 Å². The molecule has 1 heterocycles. The van der Waals surface area contributed by atoms with Gasteiger partial charge < -0.3 is 10.6 Å². The van der Waals surface area contributed by atoms with Crippen LogP contribution in [-0.2, 0) is 9.59 Å². The van der Waals surface area contributed by atoms with Crippen LogP contribution in [0.15, 0.2) is 41.3 Å². The second-order valence-corrected chi connectivity index (χ2v) is 7.58. The van der Waals surface area contributed by atoms with E-state index in [1.807, 2.05) is 0 Å². The van der Waals surface area contributed by atoms with Crippen molar-refractivity contribution in [1.82, 2.24) is 5.32 Å². The minimum Gasteiger partial charge on any atom is -0.350 e. The van der Waals surface area contributed by atoms with Crippen LogP contribution >= 0.6 is 23.4 Å². The highest BCUT2D eigenvalue weighted by Crippen LogP contribution is 2.38. The van der Waals surface area contributed by atoms with Crippen molar-refractivity contribution >= 4 is 40.9 Å². The molecule has 8 heteroatoms. The number of anilines is 1. The van der Waals surface area contributed by atoms with E-state index in [0.29, 0.717) is 16.3 Å². The van der Waals surface area contributed by atoms with E-state index in [1.165, 1.54) is 17.8 Å². The van der Waals surface area contributed by atoms with E-state index in [0.717, 1.165) is 17.0 Å². The standard InChI is InChI=1S/C18H15ClF2N2O2S/c1-9(10-2-4-12(20)13(21)6-10)22-17(24)8-16-18(25)23-14-7-11(19)3-5-15(14)26-16/h2-7,9,16H,8H2,1H3,(H,22,24)(H,23,25). The van der Waals surface area contributed by atoms with Crippen LogP contribution in [0.4, 0.5) is 14.5 Å². The van der Waals surface area contributed by atoms with Crippen LogP contribution in [0.2, 0.25) is 5.02 Å². The van der Waals surface area contributed by atoms with Gasteiger partial charge in [-0.25, -0.2) is 8.78 Å². The lowest BCUT2D eigenvalue weighted by molar-refractivity contribution is -0.124. The van der Waals surface area contributed by atoms with Gasteiger partial charge in [0.2, 0.25) is 11.8 Å². The maximum absolute atomic E-state index is 13.3. The summed E-state index contributed by atoms with van der Waals surface area (Å²) in [5.74, 6) is -2.55. The summed E-state index contributed by atoms with van der Waals surface area (Å²) in [7, 11) is 0. The highest BCUT2D eigenvalue weighted by atomic mass is 35.5. The minimum atomic E-state index is -0.971. The zero-order valence-electron chi connectivity index (χ0n) is 13.7. The van der Waals surface area contributed by atoms with Gasteiger partial charge in [-0.15, -0.1) is 11.8 Å². The van der Waals surface area contributed by atoms with E-state index < -0.39 is 22.9 Å². The lowest BCUT2D eigenvalue weighted by Gasteiger charge is -2.24. The van der Waals surface area contributed by atoms with Crippen molar-refractivity contribution in [2.24, 2.45) is 0 Å². The van der Waals surface area contributed by atoms with Crippen LogP contribution in [0.3, 0.4) is 0 Å². The highest BCUT2D eigenvalue weighted by Gasteiger charge is 2.29. The van der Waals surface area contributed by atoms with Crippen molar-refractivity contribution in [3.63, 3.8) is 0 Å². The number of nitrogens with one attached hydrogen (secondary N) is 2. The third-order valence-corrected chi connectivity index (χ3v) is 5.46. The Hall–Kier alpha value is -2.12. The maximum Gasteiger partial charge on any atom is 0.238 e. The first-order chi connectivity index (χ1) is 12.3. The molecule has 0 bridgehead atoms. The molecular weight excluding hydrogens is 382 g/mol. The molecule has 3 rings (SSSR count). The van der Waals surface area contributed by atoms with Crippen molar-refractivity contribution < 1.29 is 18.4 Å². The first kappa shape index (κ1) is 18.7.